The lowest BCUT2D eigenvalue weighted by molar-refractivity contribution is 0.590. The Morgan fingerprint density at radius 1 is 0.529 bits per heavy atom. The highest BCUT2D eigenvalue weighted by Gasteiger charge is 2.25. The van der Waals surface area contributed by atoms with Crippen molar-refractivity contribution in [2.24, 2.45) is 0 Å². The lowest BCUT2D eigenvalue weighted by atomic mass is 9.85. The molecule has 0 aliphatic rings. The van der Waals surface area contributed by atoms with E-state index in [0.717, 1.165) is 49.3 Å². The van der Waals surface area contributed by atoms with Crippen molar-refractivity contribution in [1.29, 1.82) is 5.26 Å². The Morgan fingerprint density at radius 2 is 0.941 bits per heavy atom. The second kappa shape index (κ2) is 11.4. The highest BCUT2D eigenvalue weighted by Crippen LogP contribution is 2.42. The fourth-order valence-corrected chi connectivity index (χ4v) is 7.66. The van der Waals surface area contributed by atoms with E-state index in [0.29, 0.717) is 22.4 Å². The number of hydrogen-bond donors (Lipinski definition) is 0. The summed E-state index contributed by atoms with van der Waals surface area (Å²) in [7, 11) is 0. The first-order valence-corrected chi connectivity index (χ1v) is 17.7. The summed E-state index contributed by atoms with van der Waals surface area (Å²) in [5.74, 6) is -0.306. The maximum absolute atomic E-state index is 15.7. The Bertz CT molecular complexity index is 2620. The molecule has 0 aliphatic carbocycles. The van der Waals surface area contributed by atoms with Crippen LogP contribution in [0.1, 0.15) is 69.4 Å². The van der Waals surface area contributed by atoms with Gasteiger partial charge in [0, 0.05) is 27.1 Å². The quantitative estimate of drug-likeness (QED) is 0.185. The minimum atomic E-state index is -0.306. The summed E-state index contributed by atoms with van der Waals surface area (Å²) in [6.45, 7) is 17.6. The van der Waals surface area contributed by atoms with E-state index in [9.17, 15) is 5.26 Å². The van der Waals surface area contributed by atoms with Crippen LogP contribution in [0.25, 0.3) is 66.1 Å². The van der Waals surface area contributed by atoms with Crippen molar-refractivity contribution >= 4 is 43.6 Å². The number of aryl methyl sites for hydroxylation is 2. The number of aromatic nitrogens is 2. The van der Waals surface area contributed by atoms with E-state index in [-0.39, 0.29) is 16.6 Å². The SMILES string of the molecule is Cc1ccc2c(c1)c1cc(C)ccc1n2-c1cc(-c2ccccc2F)cc(-n2c3ccc(C(C)(C)C)cc3c3cc(C(C)(C)C)ccc32)c1C#N. The summed E-state index contributed by atoms with van der Waals surface area (Å²) in [5.41, 5.74) is 11.9. The fourth-order valence-electron chi connectivity index (χ4n) is 7.66. The second-order valence-corrected chi connectivity index (χ2v) is 16.2. The number of nitriles is 1. The molecule has 0 radical (unpaired) electrons. The largest absolute Gasteiger partial charge is 0.308 e. The van der Waals surface area contributed by atoms with Crippen LogP contribution in [0.15, 0.2) is 109 Å². The molecule has 2 heterocycles. The van der Waals surface area contributed by atoms with E-state index < -0.39 is 0 Å². The Morgan fingerprint density at radius 3 is 1.35 bits per heavy atom. The average Bonchev–Trinajstić information content (AvgIpc) is 3.58. The van der Waals surface area contributed by atoms with Crippen LogP contribution in [0.5, 0.6) is 0 Å². The first-order valence-electron chi connectivity index (χ1n) is 17.7. The number of nitrogens with zero attached hydrogens (tertiary/aromatic N) is 3. The molecule has 0 amide bonds. The maximum Gasteiger partial charge on any atom is 0.131 e. The number of halogens is 1. The first-order chi connectivity index (χ1) is 24.2. The van der Waals surface area contributed by atoms with Crippen molar-refractivity contribution in [3.63, 3.8) is 0 Å². The number of benzene rings is 6. The van der Waals surface area contributed by atoms with Crippen LogP contribution in [0.3, 0.4) is 0 Å². The fraction of sp³-hybridized carbons (Fsp3) is 0.213. The molecule has 51 heavy (non-hydrogen) atoms. The molecule has 4 heteroatoms. The van der Waals surface area contributed by atoms with Gasteiger partial charge in [0.2, 0.25) is 0 Å². The summed E-state index contributed by atoms with van der Waals surface area (Å²) >= 11 is 0. The van der Waals surface area contributed by atoms with Gasteiger partial charge in [0.1, 0.15) is 17.4 Å². The molecule has 2 aromatic heterocycles. The molecule has 0 atom stereocenters. The Labute approximate surface area is 299 Å². The lowest BCUT2D eigenvalue weighted by Crippen LogP contribution is -2.10. The van der Waals surface area contributed by atoms with E-state index in [1.165, 1.54) is 28.3 Å². The summed E-state index contributed by atoms with van der Waals surface area (Å²) in [5, 5.41) is 15.7. The topological polar surface area (TPSA) is 33.6 Å². The van der Waals surface area contributed by atoms with Crippen molar-refractivity contribution in [1.82, 2.24) is 9.13 Å². The van der Waals surface area contributed by atoms with Gasteiger partial charge in [-0.2, -0.15) is 5.26 Å². The van der Waals surface area contributed by atoms with Gasteiger partial charge < -0.3 is 9.13 Å². The standard InChI is InChI=1S/C47H42FN3/c1-28-13-17-40-34(21-28)35-22-29(2)14-18-41(35)50(40)44-23-30(33-11-9-10-12-39(33)48)24-45(38(44)27-49)51-42-19-15-31(46(3,4)5)25-36(42)37-26-32(47(6,7)8)16-20-43(37)51/h9-26H,1-8H3. The van der Waals surface area contributed by atoms with E-state index in [2.05, 4.69) is 143 Å². The molecule has 0 bridgehead atoms. The van der Waals surface area contributed by atoms with Crippen LogP contribution in [0, 0.1) is 31.0 Å². The monoisotopic (exact) mass is 667 g/mol. The van der Waals surface area contributed by atoms with E-state index in [4.69, 9.17) is 0 Å². The molecule has 0 N–H and O–H groups in total. The Hall–Kier alpha value is -5.66. The van der Waals surface area contributed by atoms with Gasteiger partial charge in [-0.05, 0) is 108 Å². The molecule has 8 aromatic rings. The highest BCUT2D eigenvalue weighted by molar-refractivity contribution is 6.12. The third kappa shape index (κ3) is 5.23. The molecule has 8 rings (SSSR count). The second-order valence-electron chi connectivity index (χ2n) is 16.2. The molecular weight excluding hydrogens is 626 g/mol. The van der Waals surface area contributed by atoms with E-state index >= 15 is 4.39 Å². The predicted molar refractivity (Wildman–Crippen MR) is 212 cm³/mol. The summed E-state index contributed by atoms with van der Waals surface area (Å²) in [4.78, 5) is 0. The summed E-state index contributed by atoms with van der Waals surface area (Å²) in [6.07, 6.45) is 0. The van der Waals surface area contributed by atoms with Gasteiger partial charge in [0.25, 0.3) is 0 Å². The smallest absolute Gasteiger partial charge is 0.131 e. The van der Waals surface area contributed by atoms with Crippen LogP contribution < -0.4 is 0 Å². The molecule has 0 saturated carbocycles. The van der Waals surface area contributed by atoms with Gasteiger partial charge in [-0.3, -0.25) is 0 Å². The third-order valence-electron chi connectivity index (χ3n) is 10.4. The zero-order valence-corrected chi connectivity index (χ0v) is 30.6. The Kier molecular flexibility index (Phi) is 7.30. The van der Waals surface area contributed by atoms with Crippen LogP contribution in [0.4, 0.5) is 4.39 Å². The average molecular weight is 668 g/mol. The predicted octanol–water partition coefficient (Wildman–Crippen LogP) is 12.8. The molecule has 3 nitrogen and oxygen atoms in total. The third-order valence-corrected chi connectivity index (χ3v) is 10.4. The number of rotatable bonds is 3. The molecule has 0 fully saturated rings. The van der Waals surface area contributed by atoms with Gasteiger partial charge in [-0.15, -0.1) is 0 Å². The molecule has 0 aliphatic heterocycles. The van der Waals surface area contributed by atoms with Crippen molar-refractivity contribution in [2.45, 2.75) is 66.2 Å². The van der Waals surface area contributed by atoms with Gasteiger partial charge in [-0.1, -0.05) is 95.1 Å². The van der Waals surface area contributed by atoms with Crippen LogP contribution in [0.2, 0.25) is 0 Å². The highest BCUT2D eigenvalue weighted by atomic mass is 19.1. The van der Waals surface area contributed by atoms with Crippen molar-refractivity contribution < 1.29 is 4.39 Å². The molecule has 0 saturated heterocycles. The summed E-state index contributed by atoms with van der Waals surface area (Å²) in [6, 6.07) is 39.9. The van der Waals surface area contributed by atoms with Crippen molar-refractivity contribution in [3.05, 3.63) is 143 Å². The number of fused-ring (bicyclic) bond motifs is 6. The van der Waals surface area contributed by atoms with Gasteiger partial charge in [0.05, 0.1) is 33.4 Å². The first kappa shape index (κ1) is 32.5. The Balaban J connectivity index is 1.56. The maximum atomic E-state index is 15.7. The molecule has 0 unspecified atom stereocenters. The van der Waals surface area contributed by atoms with Crippen LogP contribution in [-0.4, -0.2) is 9.13 Å². The minimum absolute atomic E-state index is 0.0484. The molecule has 252 valence electrons. The van der Waals surface area contributed by atoms with Crippen molar-refractivity contribution in [3.8, 4) is 28.6 Å². The molecule has 0 spiro atoms. The van der Waals surface area contributed by atoms with Gasteiger partial charge in [0.15, 0.2) is 0 Å². The summed E-state index contributed by atoms with van der Waals surface area (Å²) < 4.78 is 20.2. The zero-order valence-electron chi connectivity index (χ0n) is 30.6. The van der Waals surface area contributed by atoms with Crippen LogP contribution >= 0.6 is 0 Å². The molecule has 6 aromatic carbocycles. The van der Waals surface area contributed by atoms with Crippen LogP contribution in [-0.2, 0) is 10.8 Å². The minimum Gasteiger partial charge on any atom is -0.308 e. The van der Waals surface area contributed by atoms with Crippen molar-refractivity contribution in [2.75, 3.05) is 0 Å². The lowest BCUT2D eigenvalue weighted by Gasteiger charge is -2.20. The molecular formula is C47H42FN3. The van der Waals surface area contributed by atoms with Gasteiger partial charge >= 0.3 is 0 Å². The number of hydrogen-bond acceptors (Lipinski definition) is 1. The van der Waals surface area contributed by atoms with Gasteiger partial charge in [-0.25, -0.2) is 4.39 Å². The van der Waals surface area contributed by atoms with E-state index in [1.807, 2.05) is 24.3 Å². The van der Waals surface area contributed by atoms with E-state index in [1.54, 1.807) is 6.07 Å². The zero-order chi connectivity index (χ0) is 36.0. The normalized spacial score (nSPS) is 12.4.